The Morgan fingerprint density at radius 1 is 1.09 bits per heavy atom. The second-order valence-corrected chi connectivity index (χ2v) is 9.81. The minimum absolute atomic E-state index is 0.169. The molecule has 2 aromatic heterocycles. The molecule has 8 nitrogen and oxygen atoms in total. The normalized spacial score (nSPS) is 18.0. The Hall–Kier alpha value is -2.78. The number of methoxy groups -OCH3 is 1. The van der Waals surface area contributed by atoms with E-state index in [0.717, 1.165) is 61.0 Å². The molecule has 33 heavy (non-hydrogen) atoms. The van der Waals surface area contributed by atoms with E-state index in [2.05, 4.69) is 10.00 Å². The molecule has 3 aromatic rings. The minimum Gasteiger partial charge on any atom is -0.497 e. The molecular weight excluding hydrogens is 438 g/mol. The van der Waals surface area contributed by atoms with Gasteiger partial charge < -0.3 is 9.64 Å². The van der Waals surface area contributed by atoms with Gasteiger partial charge in [-0.2, -0.15) is 9.61 Å². The quantitative estimate of drug-likeness (QED) is 0.574. The lowest BCUT2D eigenvalue weighted by Crippen LogP contribution is -2.50. The Bertz CT molecular complexity index is 1180. The van der Waals surface area contributed by atoms with Gasteiger partial charge in [-0.25, -0.2) is 4.98 Å². The van der Waals surface area contributed by atoms with Crippen molar-refractivity contribution in [3.05, 3.63) is 46.4 Å². The van der Waals surface area contributed by atoms with Crippen molar-refractivity contribution in [2.24, 2.45) is 5.92 Å². The summed E-state index contributed by atoms with van der Waals surface area (Å²) >= 11 is 1.40. The maximum absolute atomic E-state index is 12.8. The first-order valence-corrected chi connectivity index (χ1v) is 12.5. The molecule has 2 fully saturated rings. The van der Waals surface area contributed by atoms with E-state index in [4.69, 9.17) is 9.72 Å². The first kappa shape index (κ1) is 22.0. The summed E-state index contributed by atoms with van der Waals surface area (Å²) in [5.41, 5.74) is 1.50. The smallest absolute Gasteiger partial charge is 0.275 e. The van der Waals surface area contributed by atoms with Crippen LogP contribution < -0.4 is 10.3 Å². The summed E-state index contributed by atoms with van der Waals surface area (Å²) < 4.78 is 6.58. The summed E-state index contributed by atoms with van der Waals surface area (Å²) in [6.45, 7) is 3.71. The molecule has 3 heterocycles. The van der Waals surface area contributed by atoms with Crippen LogP contribution in [0.1, 0.15) is 37.8 Å². The van der Waals surface area contributed by atoms with Crippen LogP contribution in [0.25, 0.3) is 15.5 Å². The van der Waals surface area contributed by atoms with E-state index in [1.54, 1.807) is 13.2 Å². The molecule has 1 amide bonds. The molecule has 1 saturated heterocycles. The van der Waals surface area contributed by atoms with Crippen LogP contribution in [0, 0.1) is 5.92 Å². The van der Waals surface area contributed by atoms with Gasteiger partial charge in [0.1, 0.15) is 10.8 Å². The number of carbonyl (C=O) groups excluding carboxylic acids is 1. The molecule has 1 aromatic carbocycles. The Kier molecular flexibility index (Phi) is 6.41. The summed E-state index contributed by atoms with van der Waals surface area (Å²) in [6, 6.07) is 9.18. The highest BCUT2D eigenvalue weighted by Crippen LogP contribution is 2.27. The maximum atomic E-state index is 12.8. The third-order valence-electron chi connectivity index (χ3n) is 6.66. The SMILES string of the molecule is COc1ccc(-c2nn3c(=O)cc(CN4CCN(C(=O)C5CCCCC5)CC4)nc3s2)cc1. The molecule has 1 aliphatic heterocycles. The van der Waals surface area contributed by atoms with Crippen molar-refractivity contribution >= 4 is 22.2 Å². The number of rotatable bonds is 5. The van der Waals surface area contributed by atoms with Crippen molar-refractivity contribution in [2.75, 3.05) is 33.3 Å². The number of piperazine rings is 1. The van der Waals surface area contributed by atoms with Gasteiger partial charge in [-0.05, 0) is 37.1 Å². The minimum atomic E-state index is -0.169. The van der Waals surface area contributed by atoms with Gasteiger partial charge in [-0.1, -0.05) is 30.6 Å². The van der Waals surface area contributed by atoms with Gasteiger partial charge >= 0.3 is 0 Å². The number of aromatic nitrogens is 3. The predicted molar refractivity (Wildman–Crippen MR) is 128 cm³/mol. The summed E-state index contributed by atoms with van der Waals surface area (Å²) in [5.74, 6) is 1.33. The number of benzene rings is 1. The molecule has 0 radical (unpaired) electrons. The maximum Gasteiger partial charge on any atom is 0.275 e. The fourth-order valence-electron chi connectivity index (χ4n) is 4.75. The van der Waals surface area contributed by atoms with Crippen molar-refractivity contribution in [3.8, 4) is 16.3 Å². The van der Waals surface area contributed by atoms with E-state index in [-0.39, 0.29) is 11.5 Å². The molecule has 0 atom stereocenters. The molecular formula is C24H29N5O3S. The number of hydrogen-bond donors (Lipinski definition) is 0. The molecule has 5 rings (SSSR count). The van der Waals surface area contributed by atoms with Crippen LogP contribution in [0.2, 0.25) is 0 Å². The fraction of sp³-hybridized carbons (Fsp3) is 0.500. The zero-order valence-electron chi connectivity index (χ0n) is 18.9. The molecule has 1 aliphatic carbocycles. The van der Waals surface area contributed by atoms with Gasteiger partial charge in [0.05, 0.1) is 12.8 Å². The monoisotopic (exact) mass is 467 g/mol. The van der Waals surface area contributed by atoms with Crippen molar-refractivity contribution in [1.82, 2.24) is 24.4 Å². The predicted octanol–water partition coefficient (Wildman–Crippen LogP) is 3.05. The lowest BCUT2D eigenvalue weighted by molar-refractivity contribution is -0.138. The Morgan fingerprint density at radius 2 is 1.82 bits per heavy atom. The number of ether oxygens (including phenoxy) is 1. The lowest BCUT2D eigenvalue weighted by atomic mass is 9.88. The van der Waals surface area contributed by atoms with E-state index >= 15 is 0 Å². The zero-order chi connectivity index (χ0) is 22.8. The van der Waals surface area contributed by atoms with E-state index < -0.39 is 0 Å². The van der Waals surface area contributed by atoms with Gasteiger partial charge in [-0.15, -0.1) is 0 Å². The summed E-state index contributed by atoms with van der Waals surface area (Å²) in [7, 11) is 1.63. The van der Waals surface area contributed by atoms with Crippen molar-refractivity contribution in [2.45, 2.75) is 38.6 Å². The Labute approximate surface area is 196 Å². The van der Waals surface area contributed by atoms with Gasteiger partial charge in [0.25, 0.3) is 5.56 Å². The standard InChI is InChI=1S/C24H29N5O3S/c1-32-20-9-7-17(8-10-20)22-26-29-21(30)15-19(25-24(29)33-22)16-27-11-13-28(14-12-27)23(31)18-5-3-2-4-6-18/h7-10,15,18H,2-6,11-14,16H2,1H3. The first-order chi connectivity index (χ1) is 16.1. The molecule has 2 aliphatic rings. The van der Waals surface area contributed by atoms with E-state index in [9.17, 15) is 9.59 Å². The highest BCUT2D eigenvalue weighted by atomic mass is 32.1. The first-order valence-electron chi connectivity index (χ1n) is 11.7. The number of nitrogens with zero attached hydrogens (tertiary/aromatic N) is 5. The molecule has 0 unspecified atom stereocenters. The number of fused-ring (bicyclic) bond motifs is 1. The highest BCUT2D eigenvalue weighted by molar-refractivity contribution is 7.19. The van der Waals surface area contributed by atoms with Crippen LogP contribution in [-0.4, -0.2) is 63.6 Å². The summed E-state index contributed by atoms with van der Waals surface area (Å²) in [6.07, 6.45) is 5.70. The van der Waals surface area contributed by atoms with Gasteiger partial charge in [0.2, 0.25) is 10.9 Å². The molecule has 1 saturated carbocycles. The molecule has 0 bridgehead atoms. The van der Waals surface area contributed by atoms with Crippen molar-refractivity contribution in [3.63, 3.8) is 0 Å². The largest absolute Gasteiger partial charge is 0.497 e. The highest BCUT2D eigenvalue weighted by Gasteiger charge is 2.28. The topological polar surface area (TPSA) is 80.0 Å². The van der Waals surface area contributed by atoms with Gasteiger partial charge in [-0.3, -0.25) is 14.5 Å². The van der Waals surface area contributed by atoms with Gasteiger partial charge in [0, 0.05) is 50.3 Å². The number of carbonyl (C=O) groups is 1. The third-order valence-corrected chi connectivity index (χ3v) is 7.62. The van der Waals surface area contributed by atoms with Crippen LogP contribution >= 0.6 is 11.3 Å². The van der Waals surface area contributed by atoms with Crippen molar-refractivity contribution < 1.29 is 9.53 Å². The number of hydrogen-bond acceptors (Lipinski definition) is 7. The zero-order valence-corrected chi connectivity index (χ0v) is 19.7. The molecule has 174 valence electrons. The Balaban J connectivity index is 1.25. The second-order valence-electron chi connectivity index (χ2n) is 8.85. The second kappa shape index (κ2) is 9.61. The molecule has 0 spiro atoms. The average molecular weight is 468 g/mol. The van der Waals surface area contributed by atoms with E-state index in [1.165, 1.54) is 35.1 Å². The average Bonchev–Trinajstić information content (AvgIpc) is 3.29. The third kappa shape index (κ3) is 4.79. The number of amides is 1. The summed E-state index contributed by atoms with van der Waals surface area (Å²) in [5, 5.41) is 5.21. The van der Waals surface area contributed by atoms with Crippen LogP contribution in [0.5, 0.6) is 5.75 Å². The molecule has 0 N–H and O–H groups in total. The van der Waals surface area contributed by atoms with Gasteiger partial charge in [0.15, 0.2) is 0 Å². The van der Waals surface area contributed by atoms with Crippen LogP contribution in [0.3, 0.4) is 0 Å². The van der Waals surface area contributed by atoms with E-state index in [0.29, 0.717) is 17.4 Å². The Morgan fingerprint density at radius 3 is 2.52 bits per heavy atom. The van der Waals surface area contributed by atoms with Crippen LogP contribution in [0.4, 0.5) is 0 Å². The van der Waals surface area contributed by atoms with Crippen LogP contribution in [-0.2, 0) is 11.3 Å². The fourth-order valence-corrected chi connectivity index (χ4v) is 5.68. The van der Waals surface area contributed by atoms with Crippen LogP contribution in [0.15, 0.2) is 35.1 Å². The molecule has 9 heteroatoms. The lowest BCUT2D eigenvalue weighted by Gasteiger charge is -2.37. The van der Waals surface area contributed by atoms with E-state index in [1.807, 2.05) is 29.2 Å². The van der Waals surface area contributed by atoms with Crippen molar-refractivity contribution in [1.29, 1.82) is 0 Å². The summed E-state index contributed by atoms with van der Waals surface area (Å²) in [4.78, 5) is 35.1.